The van der Waals surface area contributed by atoms with Gasteiger partial charge in [0.2, 0.25) is 5.91 Å². The van der Waals surface area contributed by atoms with Crippen LogP contribution in [0, 0.1) is 5.92 Å². The second-order valence-corrected chi connectivity index (χ2v) is 7.03. The minimum atomic E-state index is -0.621. The Balaban J connectivity index is 2.16. The number of anilines is 1. The summed E-state index contributed by atoms with van der Waals surface area (Å²) in [5.41, 5.74) is 2.36. The minimum absolute atomic E-state index is 0.0415. The Kier molecular flexibility index (Phi) is 6.76. The summed E-state index contributed by atoms with van der Waals surface area (Å²) in [7, 11) is 0. The van der Waals surface area contributed by atoms with Crippen molar-refractivity contribution in [1.29, 1.82) is 0 Å². The highest BCUT2D eigenvalue weighted by Gasteiger charge is 2.25. The molecule has 0 radical (unpaired) electrons. The molecule has 132 valence electrons. The maximum atomic E-state index is 12.7. The molecule has 5 heteroatoms. The van der Waals surface area contributed by atoms with Gasteiger partial charge in [-0.15, -0.1) is 0 Å². The van der Waals surface area contributed by atoms with Gasteiger partial charge in [0, 0.05) is 10.2 Å². The molecule has 0 unspecified atom stereocenters. The van der Waals surface area contributed by atoms with Crippen LogP contribution >= 0.6 is 15.9 Å². The van der Waals surface area contributed by atoms with E-state index in [0.717, 1.165) is 17.7 Å². The van der Waals surface area contributed by atoms with Crippen molar-refractivity contribution in [2.24, 2.45) is 5.92 Å². The molecule has 4 nitrogen and oxygen atoms in total. The van der Waals surface area contributed by atoms with Gasteiger partial charge in [0.05, 0.1) is 5.56 Å². The van der Waals surface area contributed by atoms with Crippen LogP contribution in [0.5, 0.6) is 0 Å². The van der Waals surface area contributed by atoms with Crippen molar-refractivity contribution in [3.8, 4) is 0 Å². The number of para-hydroxylation sites is 1. The number of hydrogen-bond donors (Lipinski definition) is 2. The third-order valence-electron chi connectivity index (χ3n) is 4.01. The number of nitrogens with one attached hydrogen (secondary N) is 2. The molecule has 0 aliphatic heterocycles. The summed E-state index contributed by atoms with van der Waals surface area (Å²) in [5.74, 6) is -0.526. The lowest BCUT2D eigenvalue weighted by Gasteiger charge is -2.22. The summed E-state index contributed by atoms with van der Waals surface area (Å²) < 4.78 is 0.701. The summed E-state index contributed by atoms with van der Waals surface area (Å²) >= 11 is 3.37. The third kappa shape index (κ3) is 4.92. The van der Waals surface area contributed by atoms with Crippen molar-refractivity contribution >= 4 is 33.4 Å². The van der Waals surface area contributed by atoms with Crippen LogP contribution < -0.4 is 10.6 Å². The Morgan fingerprint density at radius 2 is 1.68 bits per heavy atom. The maximum absolute atomic E-state index is 12.7. The minimum Gasteiger partial charge on any atom is -0.340 e. The molecular formula is C20H23BrN2O2. The van der Waals surface area contributed by atoms with Crippen LogP contribution in [0.3, 0.4) is 0 Å². The van der Waals surface area contributed by atoms with Crippen LogP contribution in [0.2, 0.25) is 0 Å². The summed E-state index contributed by atoms with van der Waals surface area (Å²) in [5, 5.41) is 5.80. The van der Waals surface area contributed by atoms with E-state index in [2.05, 4.69) is 26.6 Å². The van der Waals surface area contributed by atoms with E-state index in [1.165, 1.54) is 0 Å². The Morgan fingerprint density at radius 1 is 1.04 bits per heavy atom. The smallest absolute Gasteiger partial charge is 0.253 e. The molecule has 2 amide bonds. The summed E-state index contributed by atoms with van der Waals surface area (Å²) in [6, 6.07) is 14.2. The highest BCUT2D eigenvalue weighted by molar-refractivity contribution is 9.10. The number of aryl methyl sites for hydroxylation is 1. The van der Waals surface area contributed by atoms with Crippen LogP contribution in [0.25, 0.3) is 0 Å². The summed E-state index contributed by atoms with van der Waals surface area (Å²) in [4.78, 5) is 25.3. The van der Waals surface area contributed by atoms with Gasteiger partial charge in [-0.25, -0.2) is 0 Å². The molecular weight excluding hydrogens is 380 g/mol. The van der Waals surface area contributed by atoms with Gasteiger partial charge in [0.15, 0.2) is 0 Å². The van der Waals surface area contributed by atoms with E-state index in [1.807, 2.05) is 51.1 Å². The fourth-order valence-electron chi connectivity index (χ4n) is 2.56. The van der Waals surface area contributed by atoms with Crippen LogP contribution in [-0.4, -0.2) is 17.9 Å². The van der Waals surface area contributed by atoms with Crippen LogP contribution in [0.4, 0.5) is 5.69 Å². The molecule has 2 aromatic rings. The van der Waals surface area contributed by atoms with Gasteiger partial charge in [-0.2, -0.15) is 0 Å². The summed E-state index contributed by atoms with van der Waals surface area (Å²) in [6.07, 6.45) is 0.826. The monoisotopic (exact) mass is 402 g/mol. The van der Waals surface area contributed by atoms with E-state index in [1.54, 1.807) is 18.2 Å². The van der Waals surface area contributed by atoms with Gasteiger partial charge >= 0.3 is 0 Å². The lowest BCUT2D eigenvalue weighted by Crippen LogP contribution is -2.47. The molecule has 0 heterocycles. The zero-order valence-corrected chi connectivity index (χ0v) is 16.3. The fourth-order valence-corrected chi connectivity index (χ4v) is 3.03. The van der Waals surface area contributed by atoms with Crippen molar-refractivity contribution < 1.29 is 9.59 Å². The number of carbonyl (C=O) groups excluding carboxylic acids is 2. The molecule has 0 saturated carbocycles. The maximum Gasteiger partial charge on any atom is 0.253 e. The molecule has 0 bridgehead atoms. The third-order valence-corrected chi connectivity index (χ3v) is 4.70. The zero-order valence-electron chi connectivity index (χ0n) is 14.7. The van der Waals surface area contributed by atoms with Gasteiger partial charge in [0.25, 0.3) is 5.91 Å². The van der Waals surface area contributed by atoms with E-state index in [0.29, 0.717) is 10.0 Å². The molecule has 2 aromatic carbocycles. The van der Waals surface area contributed by atoms with Crippen LogP contribution in [0.15, 0.2) is 53.0 Å². The number of carbonyl (C=O) groups is 2. The van der Waals surface area contributed by atoms with Crippen molar-refractivity contribution in [2.45, 2.75) is 33.2 Å². The average molecular weight is 403 g/mol. The molecule has 0 aliphatic rings. The molecule has 0 fully saturated rings. The van der Waals surface area contributed by atoms with Crippen LogP contribution in [0.1, 0.15) is 36.7 Å². The van der Waals surface area contributed by atoms with Crippen molar-refractivity contribution in [2.75, 3.05) is 5.32 Å². The molecule has 2 N–H and O–H groups in total. The van der Waals surface area contributed by atoms with E-state index in [-0.39, 0.29) is 17.7 Å². The Labute approximate surface area is 157 Å². The second kappa shape index (κ2) is 8.81. The quantitative estimate of drug-likeness (QED) is 0.751. The van der Waals surface area contributed by atoms with E-state index in [9.17, 15) is 9.59 Å². The first-order chi connectivity index (χ1) is 11.9. The predicted molar refractivity (Wildman–Crippen MR) is 105 cm³/mol. The van der Waals surface area contributed by atoms with Crippen LogP contribution in [-0.2, 0) is 11.2 Å². The molecule has 2 rings (SSSR count). The van der Waals surface area contributed by atoms with Gasteiger partial charge in [-0.1, -0.05) is 51.1 Å². The Morgan fingerprint density at radius 3 is 2.32 bits per heavy atom. The molecule has 0 aliphatic carbocycles. The first kappa shape index (κ1) is 19.2. The van der Waals surface area contributed by atoms with Crippen molar-refractivity contribution in [1.82, 2.24) is 5.32 Å². The Bertz CT molecular complexity index is 759. The largest absolute Gasteiger partial charge is 0.340 e. The highest BCUT2D eigenvalue weighted by Crippen LogP contribution is 2.18. The van der Waals surface area contributed by atoms with Gasteiger partial charge < -0.3 is 10.6 Å². The highest BCUT2D eigenvalue weighted by atomic mass is 79.9. The van der Waals surface area contributed by atoms with Gasteiger partial charge in [-0.05, 0) is 52.0 Å². The lowest BCUT2D eigenvalue weighted by molar-refractivity contribution is -0.118. The van der Waals surface area contributed by atoms with E-state index < -0.39 is 6.04 Å². The molecule has 0 aromatic heterocycles. The molecule has 0 saturated heterocycles. The first-order valence-corrected chi connectivity index (χ1v) is 9.17. The van der Waals surface area contributed by atoms with E-state index >= 15 is 0 Å². The van der Waals surface area contributed by atoms with E-state index in [4.69, 9.17) is 0 Å². The number of amides is 2. The fraction of sp³-hybridized carbons (Fsp3) is 0.300. The van der Waals surface area contributed by atoms with Gasteiger partial charge in [0.1, 0.15) is 6.04 Å². The number of rotatable bonds is 6. The number of benzene rings is 2. The first-order valence-electron chi connectivity index (χ1n) is 8.38. The second-order valence-electron chi connectivity index (χ2n) is 6.17. The average Bonchev–Trinajstić information content (AvgIpc) is 2.60. The lowest BCUT2D eigenvalue weighted by atomic mass is 10.0. The van der Waals surface area contributed by atoms with Crippen molar-refractivity contribution in [3.05, 3.63) is 64.1 Å². The van der Waals surface area contributed by atoms with Gasteiger partial charge in [-0.3, -0.25) is 9.59 Å². The summed E-state index contributed by atoms with van der Waals surface area (Å²) in [6.45, 7) is 5.87. The predicted octanol–water partition coefficient (Wildman–Crippen LogP) is 4.40. The molecule has 25 heavy (non-hydrogen) atoms. The molecule has 1 atom stereocenters. The van der Waals surface area contributed by atoms with Crippen molar-refractivity contribution in [3.63, 3.8) is 0 Å². The zero-order chi connectivity index (χ0) is 18.4. The normalized spacial score (nSPS) is 11.9. The number of hydrogen-bond acceptors (Lipinski definition) is 2. The molecule has 0 spiro atoms. The Hall–Kier alpha value is -2.14. The number of halogens is 1. The topological polar surface area (TPSA) is 58.2 Å². The SMILES string of the molecule is CCc1ccccc1NC(=O)[C@@H](NC(=O)c1ccccc1Br)C(C)C. The standard InChI is InChI=1S/C20H23BrN2O2/c1-4-14-9-5-8-12-17(14)22-20(25)18(13(2)3)23-19(24)15-10-6-7-11-16(15)21/h5-13,18H,4H2,1-3H3,(H,22,25)(H,23,24)/t18-/m0/s1.